The first kappa shape index (κ1) is 17.7. The number of hydrogen-bond acceptors (Lipinski definition) is 5. The highest BCUT2D eigenvalue weighted by molar-refractivity contribution is 5.97. The molecule has 1 saturated carbocycles. The minimum atomic E-state index is 0.437. The molecule has 5 nitrogen and oxygen atoms in total. The van der Waals surface area contributed by atoms with Crippen LogP contribution in [0, 0.1) is 13.8 Å². The number of anilines is 2. The fourth-order valence-corrected chi connectivity index (χ4v) is 3.84. The molecule has 4 rings (SSSR count). The van der Waals surface area contributed by atoms with Crippen LogP contribution >= 0.6 is 0 Å². The zero-order chi connectivity index (χ0) is 19.0. The molecule has 0 aliphatic heterocycles. The van der Waals surface area contributed by atoms with Gasteiger partial charge in [-0.3, -0.25) is 0 Å². The lowest BCUT2D eigenvalue weighted by molar-refractivity contribution is 0.747. The van der Waals surface area contributed by atoms with Crippen LogP contribution in [-0.2, 0) is 6.42 Å². The first-order chi connectivity index (χ1) is 13.1. The van der Waals surface area contributed by atoms with Crippen molar-refractivity contribution in [2.24, 2.45) is 0 Å². The van der Waals surface area contributed by atoms with Crippen LogP contribution in [0.15, 0.2) is 24.4 Å². The number of aromatic nitrogens is 3. The number of benzene rings is 1. The molecule has 3 aromatic rings. The molecule has 2 heterocycles. The van der Waals surface area contributed by atoms with Gasteiger partial charge in [-0.1, -0.05) is 38.0 Å². The highest BCUT2D eigenvalue weighted by Crippen LogP contribution is 2.32. The molecule has 0 spiro atoms. The molecule has 1 fully saturated rings. The summed E-state index contributed by atoms with van der Waals surface area (Å²) in [7, 11) is 0. The second kappa shape index (κ2) is 7.14. The maximum atomic E-state index is 6.16. The Morgan fingerprint density at radius 2 is 1.85 bits per heavy atom. The summed E-state index contributed by atoms with van der Waals surface area (Å²) >= 11 is 0. The molecule has 0 saturated heterocycles. The molecule has 0 unspecified atom stereocenters. The van der Waals surface area contributed by atoms with Gasteiger partial charge in [0.15, 0.2) is 5.82 Å². The van der Waals surface area contributed by atoms with E-state index in [0.29, 0.717) is 17.4 Å². The van der Waals surface area contributed by atoms with Gasteiger partial charge >= 0.3 is 0 Å². The number of rotatable bonds is 4. The minimum absolute atomic E-state index is 0.437. The summed E-state index contributed by atoms with van der Waals surface area (Å²) in [5.41, 5.74) is 13.2. The molecule has 1 aliphatic rings. The molecule has 27 heavy (non-hydrogen) atoms. The third kappa shape index (κ3) is 3.34. The van der Waals surface area contributed by atoms with E-state index in [-0.39, 0.29) is 0 Å². The SMILES string of the molecule is CCc1nc2c(N)ncc(-c3ccc(C)c(C)c3)c2nc1NC1CCCC1. The van der Waals surface area contributed by atoms with E-state index in [2.05, 4.69) is 49.3 Å². The summed E-state index contributed by atoms with van der Waals surface area (Å²) < 4.78 is 0. The molecular weight excluding hydrogens is 334 g/mol. The van der Waals surface area contributed by atoms with Gasteiger partial charge in [0.25, 0.3) is 0 Å². The number of aryl methyl sites for hydroxylation is 3. The van der Waals surface area contributed by atoms with Gasteiger partial charge in [0.1, 0.15) is 16.9 Å². The van der Waals surface area contributed by atoms with Gasteiger partial charge in [-0.2, -0.15) is 0 Å². The van der Waals surface area contributed by atoms with Crippen molar-refractivity contribution >= 4 is 22.7 Å². The Hall–Kier alpha value is -2.69. The summed E-state index contributed by atoms with van der Waals surface area (Å²) in [5, 5.41) is 3.64. The first-order valence-electron chi connectivity index (χ1n) is 9.86. The van der Waals surface area contributed by atoms with E-state index in [0.717, 1.165) is 34.6 Å². The number of nitrogen functional groups attached to an aromatic ring is 1. The number of nitrogens with one attached hydrogen (secondary N) is 1. The Bertz CT molecular complexity index is 990. The lowest BCUT2D eigenvalue weighted by Crippen LogP contribution is -2.18. The Balaban J connectivity index is 1.88. The van der Waals surface area contributed by atoms with E-state index in [1.165, 1.54) is 36.8 Å². The van der Waals surface area contributed by atoms with Crippen molar-refractivity contribution in [2.75, 3.05) is 11.1 Å². The second-order valence-electron chi connectivity index (χ2n) is 7.55. The summed E-state index contributed by atoms with van der Waals surface area (Å²) in [5.74, 6) is 1.33. The predicted octanol–water partition coefficient (Wildman–Crippen LogP) is 4.81. The lowest BCUT2D eigenvalue weighted by Gasteiger charge is -2.17. The van der Waals surface area contributed by atoms with Crippen LogP contribution in [0.1, 0.15) is 49.4 Å². The molecule has 1 aliphatic carbocycles. The van der Waals surface area contributed by atoms with Crippen molar-refractivity contribution in [1.82, 2.24) is 15.0 Å². The average molecular weight is 361 g/mol. The zero-order valence-corrected chi connectivity index (χ0v) is 16.3. The molecular formula is C22H27N5. The van der Waals surface area contributed by atoms with Crippen LogP contribution in [0.3, 0.4) is 0 Å². The van der Waals surface area contributed by atoms with E-state index in [1.54, 1.807) is 0 Å². The smallest absolute Gasteiger partial charge is 0.151 e. The van der Waals surface area contributed by atoms with Crippen LogP contribution in [0.2, 0.25) is 0 Å². The van der Waals surface area contributed by atoms with Gasteiger partial charge in [-0.25, -0.2) is 15.0 Å². The Morgan fingerprint density at radius 3 is 2.56 bits per heavy atom. The highest BCUT2D eigenvalue weighted by atomic mass is 15.1. The summed E-state index contributed by atoms with van der Waals surface area (Å²) in [6.07, 6.45) is 7.60. The van der Waals surface area contributed by atoms with Crippen LogP contribution < -0.4 is 11.1 Å². The standard InChI is InChI=1S/C22H27N5/c1-4-18-22(25-16-7-5-6-8-16)27-19-17(12-24-21(23)20(19)26-18)15-10-9-13(2)14(3)11-15/h9-12,16H,4-8H2,1-3H3,(H2,23,24)(H,25,27). The van der Waals surface area contributed by atoms with Crippen LogP contribution in [0.5, 0.6) is 0 Å². The van der Waals surface area contributed by atoms with Crippen molar-refractivity contribution < 1.29 is 0 Å². The van der Waals surface area contributed by atoms with Crippen molar-refractivity contribution in [1.29, 1.82) is 0 Å². The highest BCUT2D eigenvalue weighted by Gasteiger charge is 2.19. The van der Waals surface area contributed by atoms with Crippen molar-refractivity contribution in [3.05, 3.63) is 41.2 Å². The van der Waals surface area contributed by atoms with Crippen molar-refractivity contribution in [3.8, 4) is 11.1 Å². The maximum absolute atomic E-state index is 6.16. The Kier molecular flexibility index (Phi) is 4.68. The van der Waals surface area contributed by atoms with Crippen LogP contribution in [0.25, 0.3) is 22.2 Å². The van der Waals surface area contributed by atoms with Gasteiger partial charge < -0.3 is 11.1 Å². The largest absolute Gasteiger partial charge is 0.382 e. The van der Waals surface area contributed by atoms with Gasteiger partial charge in [0.05, 0.1) is 5.69 Å². The van der Waals surface area contributed by atoms with Crippen molar-refractivity contribution in [2.45, 2.75) is 58.9 Å². The molecule has 2 aromatic heterocycles. The zero-order valence-electron chi connectivity index (χ0n) is 16.3. The third-order valence-electron chi connectivity index (χ3n) is 5.65. The summed E-state index contributed by atoms with van der Waals surface area (Å²) in [6.45, 7) is 6.35. The number of nitrogens with two attached hydrogens (primary N) is 1. The van der Waals surface area contributed by atoms with E-state index in [4.69, 9.17) is 15.7 Å². The van der Waals surface area contributed by atoms with E-state index in [9.17, 15) is 0 Å². The van der Waals surface area contributed by atoms with Crippen LogP contribution in [0.4, 0.5) is 11.6 Å². The number of fused-ring (bicyclic) bond motifs is 1. The van der Waals surface area contributed by atoms with Crippen LogP contribution in [-0.4, -0.2) is 21.0 Å². The molecule has 140 valence electrons. The van der Waals surface area contributed by atoms with Gasteiger partial charge in [-0.15, -0.1) is 0 Å². The molecule has 0 atom stereocenters. The van der Waals surface area contributed by atoms with Gasteiger partial charge in [0, 0.05) is 17.8 Å². The van der Waals surface area contributed by atoms with Crippen molar-refractivity contribution in [3.63, 3.8) is 0 Å². The van der Waals surface area contributed by atoms with E-state index >= 15 is 0 Å². The summed E-state index contributed by atoms with van der Waals surface area (Å²) in [6, 6.07) is 6.93. The normalized spacial score (nSPS) is 14.8. The van der Waals surface area contributed by atoms with Gasteiger partial charge in [-0.05, 0) is 49.8 Å². The average Bonchev–Trinajstić information content (AvgIpc) is 3.17. The number of pyridine rings is 1. The maximum Gasteiger partial charge on any atom is 0.151 e. The molecule has 3 N–H and O–H groups in total. The molecule has 0 amide bonds. The number of hydrogen-bond donors (Lipinski definition) is 2. The first-order valence-corrected chi connectivity index (χ1v) is 9.86. The molecule has 0 bridgehead atoms. The predicted molar refractivity (Wildman–Crippen MR) is 112 cm³/mol. The fraction of sp³-hybridized carbons (Fsp3) is 0.409. The number of nitrogens with zero attached hydrogens (tertiary/aromatic N) is 3. The monoisotopic (exact) mass is 361 g/mol. The summed E-state index contributed by atoms with van der Waals surface area (Å²) in [4.78, 5) is 14.3. The topological polar surface area (TPSA) is 76.7 Å². The Morgan fingerprint density at radius 1 is 1.07 bits per heavy atom. The quantitative estimate of drug-likeness (QED) is 0.697. The molecule has 5 heteroatoms. The van der Waals surface area contributed by atoms with E-state index in [1.807, 2.05) is 6.20 Å². The fourth-order valence-electron chi connectivity index (χ4n) is 3.84. The second-order valence-corrected chi connectivity index (χ2v) is 7.55. The molecule has 0 radical (unpaired) electrons. The van der Waals surface area contributed by atoms with E-state index < -0.39 is 0 Å². The molecule has 1 aromatic carbocycles. The van der Waals surface area contributed by atoms with Gasteiger partial charge in [0.2, 0.25) is 0 Å². The third-order valence-corrected chi connectivity index (χ3v) is 5.65. The minimum Gasteiger partial charge on any atom is -0.382 e. The lowest BCUT2D eigenvalue weighted by atomic mass is 10.0. The Labute approximate surface area is 160 Å².